The maximum Gasteiger partial charge on any atom is 0.451 e. The predicted octanol–water partition coefficient (Wildman–Crippen LogP) is 0.454. The fraction of sp³-hybridized carbons (Fsp3) is 0.692. The number of hydrogen-bond donors (Lipinski definition) is 2. The summed E-state index contributed by atoms with van der Waals surface area (Å²) in [6.07, 6.45) is -5.69. The van der Waals surface area contributed by atoms with Crippen LogP contribution in [0.3, 0.4) is 0 Å². The van der Waals surface area contributed by atoms with E-state index in [9.17, 15) is 22.8 Å². The number of rotatable bonds is 2. The van der Waals surface area contributed by atoms with E-state index in [2.05, 4.69) is 15.5 Å². The van der Waals surface area contributed by atoms with Gasteiger partial charge in [0.15, 0.2) is 5.82 Å². The number of nitrogens with zero attached hydrogens (tertiary/aromatic N) is 4. The molecule has 0 aromatic carbocycles. The summed E-state index contributed by atoms with van der Waals surface area (Å²) in [4.78, 5) is 24.5. The first-order valence-electron chi connectivity index (χ1n) is 7.65. The quantitative estimate of drug-likeness (QED) is 0.790. The minimum absolute atomic E-state index is 0.0428. The van der Waals surface area contributed by atoms with Gasteiger partial charge in [0, 0.05) is 13.1 Å². The van der Waals surface area contributed by atoms with Gasteiger partial charge >= 0.3 is 12.3 Å². The van der Waals surface area contributed by atoms with Gasteiger partial charge in [-0.15, -0.1) is 10.2 Å². The number of ether oxygens (including phenoxy) is 1. The number of amides is 2. The Morgan fingerprint density at radius 1 is 1.24 bits per heavy atom. The zero-order valence-corrected chi connectivity index (χ0v) is 13.0. The number of carboxylic acid groups (broad SMARTS) is 1. The Morgan fingerprint density at radius 3 is 2.60 bits per heavy atom. The summed E-state index contributed by atoms with van der Waals surface area (Å²) in [5.74, 6) is -1.32. The average molecular weight is 363 g/mol. The summed E-state index contributed by atoms with van der Waals surface area (Å²) in [6, 6.07) is -0.375. The van der Waals surface area contributed by atoms with Crippen molar-refractivity contribution in [1.29, 1.82) is 0 Å². The van der Waals surface area contributed by atoms with Gasteiger partial charge in [0.25, 0.3) is 5.91 Å². The number of hydrogen-bond acceptors (Lipinski definition) is 5. The summed E-state index contributed by atoms with van der Waals surface area (Å²) in [7, 11) is 0. The van der Waals surface area contributed by atoms with Crippen LogP contribution in [-0.2, 0) is 28.8 Å². The van der Waals surface area contributed by atoms with Crippen molar-refractivity contribution < 1.29 is 32.6 Å². The molecule has 0 aliphatic carbocycles. The molecule has 1 saturated heterocycles. The van der Waals surface area contributed by atoms with Crippen LogP contribution < -0.4 is 5.32 Å². The van der Waals surface area contributed by atoms with Crippen molar-refractivity contribution in [3.63, 3.8) is 0 Å². The lowest BCUT2D eigenvalue weighted by molar-refractivity contribution is -0.151. The van der Waals surface area contributed by atoms with Crippen LogP contribution in [0.4, 0.5) is 18.0 Å². The van der Waals surface area contributed by atoms with Crippen LogP contribution >= 0.6 is 0 Å². The standard InChI is InChI=1S/C13H16F3N5O4/c14-13(15,16)11-19-18-9-5-20(3-4-21(9)11)10(22)8-2-1-7(6-25-8)17-12(23)24/h7-8,17H,1-6H2,(H,23,24)/t7-,8+/m1/s1. The number of carbonyl (C=O) groups excluding carboxylic acids is 1. The van der Waals surface area contributed by atoms with Crippen molar-refractivity contribution >= 4 is 12.0 Å². The number of aromatic nitrogens is 3. The second-order valence-corrected chi connectivity index (χ2v) is 5.89. The fourth-order valence-corrected chi connectivity index (χ4v) is 2.99. The summed E-state index contributed by atoms with van der Waals surface area (Å²) in [5.41, 5.74) is 0. The molecule has 9 nitrogen and oxygen atoms in total. The van der Waals surface area contributed by atoms with Gasteiger partial charge in [-0.2, -0.15) is 13.2 Å². The Morgan fingerprint density at radius 2 is 2.00 bits per heavy atom. The summed E-state index contributed by atoms with van der Waals surface area (Å²) in [6.45, 7) is 0.0615. The molecule has 0 saturated carbocycles. The molecule has 1 fully saturated rings. The molecule has 0 spiro atoms. The normalized spacial score (nSPS) is 23.9. The van der Waals surface area contributed by atoms with Crippen molar-refractivity contribution in [2.45, 2.75) is 44.3 Å². The zero-order chi connectivity index (χ0) is 18.2. The lowest BCUT2D eigenvalue weighted by atomic mass is 10.0. The maximum absolute atomic E-state index is 12.8. The van der Waals surface area contributed by atoms with Gasteiger partial charge in [-0.1, -0.05) is 0 Å². The van der Waals surface area contributed by atoms with E-state index < -0.39 is 24.2 Å². The van der Waals surface area contributed by atoms with Crippen LogP contribution in [0.15, 0.2) is 0 Å². The first-order chi connectivity index (χ1) is 11.8. The predicted molar refractivity (Wildman–Crippen MR) is 74.4 cm³/mol. The molecule has 3 heterocycles. The molecule has 2 aliphatic rings. The van der Waals surface area contributed by atoms with E-state index in [1.165, 1.54) is 4.90 Å². The summed E-state index contributed by atoms with van der Waals surface area (Å²) in [5, 5.41) is 17.6. The zero-order valence-electron chi connectivity index (χ0n) is 13.0. The third kappa shape index (κ3) is 3.67. The summed E-state index contributed by atoms with van der Waals surface area (Å²) < 4.78 is 44.8. The second kappa shape index (κ2) is 6.50. The van der Waals surface area contributed by atoms with Gasteiger partial charge < -0.3 is 24.6 Å². The van der Waals surface area contributed by atoms with Gasteiger partial charge in [-0.25, -0.2) is 4.79 Å². The third-order valence-corrected chi connectivity index (χ3v) is 4.20. The molecule has 1 aromatic rings. The molecule has 2 atom stereocenters. The molecule has 3 rings (SSSR count). The molecular formula is C13H16F3N5O4. The Hall–Kier alpha value is -2.37. The Labute approximate surface area is 139 Å². The first-order valence-corrected chi connectivity index (χ1v) is 7.65. The molecule has 0 unspecified atom stereocenters. The molecule has 12 heteroatoms. The van der Waals surface area contributed by atoms with Crippen LogP contribution in [0.5, 0.6) is 0 Å². The van der Waals surface area contributed by atoms with Crippen LogP contribution in [0.2, 0.25) is 0 Å². The minimum atomic E-state index is -4.59. The van der Waals surface area contributed by atoms with Gasteiger partial charge in [-0.3, -0.25) is 4.79 Å². The Bertz CT molecular complexity index is 669. The van der Waals surface area contributed by atoms with E-state index in [0.717, 1.165) is 4.57 Å². The van der Waals surface area contributed by atoms with Gasteiger partial charge in [0.1, 0.15) is 6.10 Å². The molecule has 138 valence electrons. The molecule has 0 bridgehead atoms. The lowest BCUT2D eigenvalue weighted by Crippen LogP contribution is -2.49. The van der Waals surface area contributed by atoms with Gasteiger partial charge in [-0.05, 0) is 12.8 Å². The van der Waals surface area contributed by atoms with Gasteiger partial charge in [0.2, 0.25) is 5.82 Å². The van der Waals surface area contributed by atoms with Crippen molar-refractivity contribution in [3.8, 4) is 0 Å². The minimum Gasteiger partial charge on any atom is -0.465 e. The van der Waals surface area contributed by atoms with E-state index in [1.807, 2.05) is 0 Å². The number of fused-ring (bicyclic) bond motifs is 1. The Balaban J connectivity index is 1.60. The third-order valence-electron chi connectivity index (χ3n) is 4.20. The first kappa shape index (κ1) is 17.5. The van der Waals surface area contributed by atoms with Crippen molar-refractivity contribution in [3.05, 3.63) is 11.6 Å². The molecule has 1 aromatic heterocycles. The van der Waals surface area contributed by atoms with Crippen molar-refractivity contribution in [1.82, 2.24) is 25.0 Å². The lowest BCUT2D eigenvalue weighted by Gasteiger charge is -2.34. The van der Waals surface area contributed by atoms with E-state index in [4.69, 9.17) is 9.84 Å². The molecule has 0 radical (unpaired) electrons. The van der Waals surface area contributed by atoms with Crippen molar-refractivity contribution in [2.75, 3.05) is 13.2 Å². The topological polar surface area (TPSA) is 110 Å². The molecule has 25 heavy (non-hydrogen) atoms. The maximum atomic E-state index is 12.8. The van der Waals surface area contributed by atoms with Gasteiger partial charge in [0.05, 0.1) is 19.2 Å². The molecular weight excluding hydrogens is 347 g/mol. The average Bonchev–Trinajstić information content (AvgIpc) is 2.97. The molecule has 2 aliphatic heterocycles. The van der Waals surface area contributed by atoms with Crippen LogP contribution in [0.1, 0.15) is 24.5 Å². The number of nitrogens with one attached hydrogen (secondary N) is 1. The van der Waals surface area contributed by atoms with E-state index >= 15 is 0 Å². The van der Waals surface area contributed by atoms with E-state index in [1.54, 1.807) is 0 Å². The Kier molecular flexibility index (Phi) is 4.54. The van der Waals surface area contributed by atoms with Crippen LogP contribution in [-0.4, -0.2) is 62.1 Å². The smallest absolute Gasteiger partial charge is 0.451 e. The highest BCUT2D eigenvalue weighted by molar-refractivity contribution is 5.81. The van der Waals surface area contributed by atoms with Crippen LogP contribution in [0, 0.1) is 0 Å². The number of halogens is 3. The van der Waals surface area contributed by atoms with Crippen molar-refractivity contribution in [2.24, 2.45) is 0 Å². The second-order valence-electron chi connectivity index (χ2n) is 5.89. The molecule has 2 amide bonds. The SMILES string of the molecule is O=C(O)N[C@@H]1CC[C@@H](C(=O)N2CCn3c(nnc3C(F)(F)F)C2)OC1. The van der Waals surface area contributed by atoms with E-state index in [-0.39, 0.29) is 44.0 Å². The van der Waals surface area contributed by atoms with Crippen LogP contribution in [0.25, 0.3) is 0 Å². The largest absolute Gasteiger partial charge is 0.465 e. The monoisotopic (exact) mass is 363 g/mol. The number of alkyl halides is 3. The highest BCUT2D eigenvalue weighted by Crippen LogP contribution is 2.29. The summed E-state index contributed by atoms with van der Waals surface area (Å²) >= 11 is 0. The molecule has 2 N–H and O–H groups in total. The van der Waals surface area contributed by atoms with E-state index in [0.29, 0.717) is 12.8 Å². The highest BCUT2D eigenvalue weighted by Gasteiger charge is 2.40. The highest BCUT2D eigenvalue weighted by atomic mass is 19.4. The number of carbonyl (C=O) groups is 2. The fourth-order valence-electron chi connectivity index (χ4n) is 2.99.